The normalized spacial score (nSPS) is 17.8. The van der Waals surface area contributed by atoms with Crippen molar-refractivity contribution in [3.05, 3.63) is 23.4 Å². The van der Waals surface area contributed by atoms with Crippen LogP contribution in [0, 0.1) is 13.8 Å². The van der Waals surface area contributed by atoms with Crippen molar-refractivity contribution in [2.45, 2.75) is 33.1 Å². The van der Waals surface area contributed by atoms with E-state index in [0.29, 0.717) is 18.2 Å². The highest BCUT2D eigenvalue weighted by Gasteiger charge is 2.24. The summed E-state index contributed by atoms with van der Waals surface area (Å²) in [4.78, 5) is 0. The first kappa shape index (κ1) is 15.2. The van der Waals surface area contributed by atoms with Crippen molar-refractivity contribution >= 4 is 11.2 Å². The van der Waals surface area contributed by atoms with Crippen LogP contribution in [0.25, 0.3) is 5.52 Å². The lowest BCUT2D eigenvalue weighted by molar-refractivity contribution is -0.914. The van der Waals surface area contributed by atoms with Gasteiger partial charge in [-0.25, -0.2) is 4.52 Å². The standard InChI is InChI=1S/C17H27N4O/c1-13-7-8-15-16(18)17(19-20(15)14(13)2)22-12-11-21(3)9-5-4-6-10-21/h7-8H,4-6,9-12,18H2,1-3H3/q+1. The molecule has 0 radical (unpaired) electrons. The highest BCUT2D eigenvalue weighted by Crippen LogP contribution is 2.27. The molecule has 2 aromatic heterocycles. The van der Waals surface area contributed by atoms with Gasteiger partial charge in [-0.1, -0.05) is 6.07 Å². The van der Waals surface area contributed by atoms with Crippen LogP contribution in [0.5, 0.6) is 5.88 Å². The number of hydrogen-bond donors (Lipinski definition) is 1. The molecule has 3 rings (SSSR count). The van der Waals surface area contributed by atoms with E-state index in [1.54, 1.807) is 0 Å². The van der Waals surface area contributed by atoms with Crippen molar-refractivity contribution in [2.24, 2.45) is 0 Å². The molecular formula is C17H27N4O+. The van der Waals surface area contributed by atoms with Gasteiger partial charge in [0.05, 0.1) is 25.7 Å². The number of aromatic nitrogens is 2. The number of pyridine rings is 1. The van der Waals surface area contributed by atoms with Crippen molar-refractivity contribution in [1.82, 2.24) is 9.61 Å². The number of hydrogen-bond acceptors (Lipinski definition) is 3. The van der Waals surface area contributed by atoms with Gasteiger partial charge in [0.25, 0.3) is 5.88 Å². The van der Waals surface area contributed by atoms with Crippen LogP contribution in [-0.2, 0) is 0 Å². The zero-order chi connectivity index (χ0) is 15.7. The Morgan fingerprint density at radius 1 is 1.23 bits per heavy atom. The molecule has 2 N–H and O–H groups in total. The van der Waals surface area contributed by atoms with E-state index in [1.807, 2.05) is 10.6 Å². The zero-order valence-corrected chi connectivity index (χ0v) is 13.9. The Labute approximate surface area is 132 Å². The van der Waals surface area contributed by atoms with Crippen molar-refractivity contribution in [2.75, 3.05) is 39.0 Å². The van der Waals surface area contributed by atoms with Gasteiger partial charge < -0.3 is 15.0 Å². The van der Waals surface area contributed by atoms with Crippen molar-refractivity contribution < 1.29 is 9.22 Å². The molecule has 22 heavy (non-hydrogen) atoms. The fourth-order valence-electron chi connectivity index (χ4n) is 3.30. The average molecular weight is 303 g/mol. The fourth-order valence-corrected chi connectivity index (χ4v) is 3.30. The fraction of sp³-hybridized carbons (Fsp3) is 0.588. The predicted molar refractivity (Wildman–Crippen MR) is 89.2 cm³/mol. The Morgan fingerprint density at radius 2 is 1.95 bits per heavy atom. The van der Waals surface area contributed by atoms with Gasteiger partial charge in [0, 0.05) is 5.69 Å². The molecule has 0 bridgehead atoms. The van der Waals surface area contributed by atoms with Crippen molar-refractivity contribution in [3.8, 4) is 5.88 Å². The molecule has 0 spiro atoms. The van der Waals surface area contributed by atoms with Crippen molar-refractivity contribution in [3.63, 3.8) is 0 Å². The van der Waals surface area contributed by atoms with E-state index in [4.69, 9.17) is 10.5 Å². The second-order valence-electron chi connectivity index (χ2n) is 6.82. The summed E-state index contributed by atoms with van der Waals surface area (Å²) in [6.45, 7) is 8.33. The highest BCUT2D eigenvalue weighted by atomic mass is 16.5. The summed E-state index contributed by atoms with van der Waals surface area (Å²) in [5.74, 6) is 0.567. The van der Waals surface area contributed by atoms with Gasteiger partial charge in [-0.15, -0.1) is 5.10 Å². The number of likely N-dealkylation sites (N-methyl/N-ethyl adjacent to an activating group) is 1. The number of nitrogen functional groups attached to an aromatic ring is 1. The predicted octanol–water partition coefficient (Wildman–Crippen LogP) is 2.54. The summed E-state index contributed by atoms with van der Waals surface area (Å²) in [6, 6.07) is 4.09. The minimum absolute atomic E-state index is 0.567. The Morgan fingerprint density at radius 3 is 2.68 bits per heavy atom. The molecule has 0 atom stereocenters. The molecule has 0 unspecified atom stereocenters. The first-order valence-electron chi connectivity index (χ1n) is 8.21. The quantitative estimate of drug-likeness (QED) is 0.883. The Bertz CT molecular complexity index is 671. The number of quaternary nitrogens is 1. The van der Waals surface area contributed by atoms with E-state index in [9.17, 15) is 0 Å². The van der Waals surface area contributed by atoms with Gasteiger partial charge in [-0.3, -0.25) is 0 Å². The summed E-state index contributed by atoms with van der Waals surface area (Å²) in [7, 11) is 2.32. The topological polar surface area (TPSA) is 52.5 Å². The first-order valence-corrected chi connectivity index (χ1v) is 8.21. The molecule has 1 saturated heterocycles. The maximum Gasteiger partial charge on any atom is 0.257 e. The number of nitrogens with two attached hydrogens (primary N) is 1. The maximum atomic E-state index is 6.20. The van der Waals surface area contributed by atoms with Crippen LogP contribution in [0.4, 0.5) is 5.69 Å². The average Bonchev–Trinajstić information content (AvgIpc) is 2.81. The number of fused-ring (bicyclic) bond motifs is 1. The summed E-state index contributed by atoms with van der Waals surface area (Å²) in [5, 5.41) is 4.54. The largest absolute Gasteiger partial charge is 0.469 e. The molecule has 5 heteroatoms. The van der Waals surface area contributed by atoms with Crippen LogP contribution < -0.4 is 10.5 Å². The monoisotopic (exact) mass is 303 g/mol. The van der Waals surface area contributed by atoms with E-state index in [2.05, 4.69) is 32.1 Å². The number of rotatable bonds is 4. The van der Waals surface area contributed by atoms with Crippen LogP contribution in [0.1, 0.15) is 30.5 Å². The third kappa shape index (κ3) is 2.77. The number of likely N-dealkylation sites (tertiary alicyclic amines) is 1. The minimum atomic E-state index is 0.567. The molecule has 120 valence electrons. The number of piperidine rings is 1. The van der Waals surface area contributed by atoms with E-state index >= 15 is 0 Å². The van der Waals surface area contributed by atoms with Gasteiger partial charge in [0.15, 0.2) is 0 Å². The first-order chi connectivity index (χ1) is 10.5. The second-order valence-corrected chi connectivity index (χ2v) is 6.82. The van der Waals surface area contributed by atoms with Gasteiger partial charge in [-0.05, 0) is 44.7 Å². The molecule has 0 aromatic carbocycles. The third-order valence-corrected chi connectivity index (χ3v) is 5.07. The van der Waals surface area contributed by atoms with Gasteiger partial charge >= 0.3 is 0 Å². The number of aryl methyl sites for hydroxylation is 2. The lowest BCUT2D eigenvalue weighted by atomic mass is 10.1. The summed E-state index contributed by atoms with van der Waals surface area (Å²) in [5.41, 5.74) is 10.1. The van der Waals surface area contributed by atoms with E-state index in [1.165, 1.54) is 37.9 Å². The zero-order valence-electron chi connectivity index (χ0n) is 13.9. The number of nitrogens with zero attached hydrogens (tertiary/aromatic N) is 3. The third-order valence-electron chi connectivity index (χ3n) is 5.07. The summed E-state index contributed by atoms with van der Waals surface area (Å²) in [6.07, 6.45) is 4.02. The SMILES string of the molecule is Cc1ccc2c(N)c(OCC[N+]3(C)CCCCC3)nn2c1C. The van der Waals surface area contributed by atoms with E-state index < -0.39 is 0 Å². The summed E-state index contributed by atoms with van der Waals surface area (Å²) >= 11 is 0. The van der Waals surface area contributed by atoms with Crippen molar-refractivity contribution in [1.29, 1.82) is 0 Å². The highest BCUT2D eigenvalue weighted by molar-refractivity contribution is 5.75. The molecule has 1 aliphatic heterocycles. The summed E-state index contributed by atoms with van der Waals surface area (Å²) < 4.78 is 8.90. The maximum absolute atomic E-state index is 6.20. The van der Waals surface area contributed by atoms with Crippen LogP contribution >= 0.6 is 0 Å². The second kappa shape index (κ2) is 5.80. The number of ether oxygens (including phenoxy) is 1. The van der Waals surface area contributed by atoms with Gasteiger partial charge in [0.1, 0.15) is 18.8 Å². The Hall–Kier alpha value is -1.75. The molecule has 2 aromatic rings. The van der Waals surface area contributed by atoms with E-state index in [-0.39, 0.29) is 0 Å². The molecule has 0 amide bonds. The molecule has 3 heterocycles. The molecule has 1 aliphatic rings. The van der Waals surface area contributed by atoms with Gasteiger partial charge in [-0.2, -0.15) is 0 Å². The lowest BCUT2D eigenvalue weighted by Crippen LogP contribution is -2.50. The van der Waals surface area contributed by atoms with Gasteiger partial charge in [0.2, 0.25) is 0 Å². The molecule has 1 fully saturated rings. The van der Waals surface area contributed by atoms with E-state index in [0.717, 1.165) is 22.2 Å². The molecular weight excluding hydrogens is 276 g/mol. The number of anilines is 1. The van der Waals surface area contributed by atoms with Crippen LogP contribution in [-0.4, -0.2) is 47.4 Å². The molecule has 0 saturated carbocycles. The molecule has 0 aliphatic carbocycles. The smallest absolute Gasteiger partial charge is 0.257 e. The lowest BCUT2D eigenvalue weighted by Gasteiger charge is -2.37. The van der Waals surface area contributed by atoms with Crippen LogP contribution in [0.2, 0.25) is 0 Å². The Balaban J connectivity index is 1.71. The van der Waals surface area contributed by atoms with Crippen LogP contribution in [0.3, 0.4) is 0 Å². The molecule has 5 nitrogen and oxygen atoms in total. The Kier molecular flexibility index (Phi) is 4.00. The van der Waals surface area contributed by atoms with Crippen LogP contribution in [0.15, 0.2) is 12.1 Å². The minimum Gasteiger partial charge on any atom is -0.469 e.